The van der Waals surface area contributed by atoms with Gasteiger partial charge in [0.2, 0.25) is 5.91 Å². The molecule has 134 valence electrons. The minimum absolute atomic E-state index is 0.124. The van der Waals surface area contributed by atoms with Crippen LogP contribution in [0.4, 0.5) is 5.69 Å². The molecule has 25 heavy (non-hydrogen) atoms. The van der Waals surface area contributed by atoms with Crippen LogP contribution in [0.5, 0.6) is 5.75 Å². The Labute approximate surface area is 155 Å². The van der Waals surface area contributed by atoms with E-state index in [-0.39, 0.29) is 5.91 Å². The van der Waals surface area contributed by atoms with E-state index in [0.29, 0.717) is 17.4 Å². The monoisotopic (exact) mass is 359 g/mol. The van der Waals surface area contributed by atoms with Crippen molar-refractivity contribution < 1.29 is 9.53 Å². The number of methoxy groups -OCH3 is 1. The second-order valence-corrected chi connectivity index (χ2v) is 6.72. The summed E-state index contributed by atoms with van der Waals surface area (Å²) in [6.07, 6.45) is 6.94. The van der Waals surface area contributed by atoms with Gasteiger partial charge in [-0.2, -0.15) is 0 Å². The first-order chi connectivity index (χ1) is 12.2. The summed E-state index contributed by atoms with van der Waals surface area (Å²) in [5.41, 5.74) is 0.829. The maximum atomic E-state index is 11.8. The second-order valence-electron chi connectivity index (χ2n) is 6.28. The zero-order valence-corrected chi connectivity index (χ0v) is 15.5. The van der Waals surface area contributed by atoms with Gasteiger partial charge < -0.3 is 10.1 Å². The topological polar surface area (TPSA) is 38.3 Å². The van der Waals surface area contributed by atoms with Crippen LogP contribution in [0.3, 0.4) is 0 Å². The van der Waals surface area contributed by atoms with Crippen molar-refractivity contribution in [2.24, 2.45) is 5.92 Å². The molecule has 0 bridgehead atoms. The van der Waals surface area contributed by atoms with Crippen molar-refractivity contribution in [3.63, 3.8) is 0 Å². The molecule has 0 aliphatic heterocycles. The molecular weight excluding hydrogens is 334 g/mol. The molecule has 0 heterocycles. The summed E-state index contributed by atoms with van der Waals surface area (Å²) in [5.74, 6) is 1.61. The highest BCUT2D eigenvalue weighted by Gasteiger charge is 2.16. The predicted octanol–water partition coefficient (Wildman–Crippen LogP) is 5.94. The summed E-state index contributed by atoms with van der Waals surface area (Å²) in [7, 11) is 1.66. The van der Waals surface area contributed by atoms with E-state index in [9.17, 15) is 4.79 Å². The minimum Gasteiger partial charge on any atom is -0.497 e. The highest BCUT2D eigenvalue weighted by Crippen LogP contribution is 2.26. The normalized spacial score (nSPS) is 14.2. The SMILES string of the molecule is COc1ccccc1.O=C(CC1CCCCC1)Nc1ccc(Cl)cc1. The van der Waals surface area contributed by atoms with Crippen LogP contribution < -0.4 is 10.1 Å². The Morgan fingerprint density at radius 3 is 2.24 bits per heavy atom. The van der Waals surface area contributed by atoms with E-state index in [1.807, 2.05) is 42.5 Å². The summed E-state index contributed by atoms with van der Waals surface area (Å²) < 4.78 is 4.91. The van der Waals surface area contributed by atoms with Gasteiger partial charge in [-0.05, 0) is 55.2 Å². The number of ether oxygens (including phenoxy) is 1. The van der Waals surface area contributed by atoms with Crippen LogP contribution in [0, 0.1) is 5.92 Å². The lowest BCUT2D eigenvalue weighted by molar-refractivity contribution is -0.117. The number of halogens is 1. The van der Waals surface area contributed by atoms with Gasteiger partial charge in [-0.15, -0.1) is 0 Å². The summed E-state index contributed by atoms with van der Waals surface area (Å²) in [4.78, 5) is 11.8. The smallest absolute Gasteiger partial charge is 0.224 e. The molecule has 0 aromatic heterocycles. The molecule has 0 spiro atoms. The van der Waals surface area contributed by atoms with Crippen molar-refractivity contribution in [1.82, 2.24) is 0 Å². The molecule has 1 N–H and O–H groups in total. The van der Waals surface area contributed by atoms with Gasteiger partial charge in [0, 0.05) is 17.1 Å². The fourth-order valence-electron chi connectivity index (χ4n) is 2.96. The van der Waals surface area contributed by atoms with Crippen molar-refractivity contribution in [3.05, 3.63) is 59.6 Å². The van der Waals surface area contributed by atoms with E-state index in [0.717, 1.165) is 11.4 Å². The molecule has 0 saturated heterocycles. The molecule has 1 aliphatic carbocycles. The van der Waals surface area contributed by atoms with Crippen LogP contribution in [0.15, 0.2) is 54.6 Å². The Balaban J connectivity index is 0.000000236. The maximum absolute atomic E-state index is 11.8. The number of anilines is 1. The Kier molecular flexibility index (Phi) is 8.33. The van der Waals surface area contributed by atoms with Gasteiger partial charge in [0.25, 0.3) is 0 Å². The van der Waals surface area contributed by atoms with Gasteiger partial charge in [0.05, 0.1) is 7.11 Å². The van der Waals surface area contributed by atoms with Gasteiger partial charge in [-0.25, -0.2) is 0 Å². The number of nitrogens with one attached hydrogen (secondary N) is 1. The average Bonchev–Trinajstić information content (AvgIpc) is 2.65. The maximum Gasteiger partial charge on any atom is 0.224 e. The lowest BCUT2D eigenvalue weighted by Gasteiger charge is -2.20. The average molecular weight is 360 g/mol. The summed E-state index contributed by atoms with van der Waals surface area (Å²) >= 11 is 5.79. The highest BCUT2D eigenvalue weighted by atomic mass is 35.5. The molecule has 4 heteroatoms. The molecule has 1 amide bonds. The quantitative estimate of drug-likeness (QED) is 0.733. The van der Waals surface area contributed by atoms with E-state index in [1.165, 1.54) is 32.1 Å². The molecule has 0 radical (unpaired) electrons. The highest BCUT2D eigenvalue weighted by molar-refractivity contribution is 6.30. The molecule has 3 rings (SSSR count). The minimum atomic E-state index is 0.124. The lowest BCUT2D eigenvalue weighted by Crippen LogP contribution is -2.18. The molecule has 1 aliphatic rings. The number of carbonyl (C=O) groups excluding carboxylic acids is 1. The van der Waals surface area contributed by atoms with E-state index >= 15 is 0 Å². The van der Waals surface area contributed by atoms with Crippen molar-refractivity contribution >= 4 is 23.2 Å². The third-order valence-corrected chi connectivity index (χ3v) is 4.56. The number of benzene rings is 2. The van der Waals surface area contributed by atoms with Crippen molar-refractivity contribution in [1.29, 1.82) is 0 Å². The van der Waals surface area contributed by atoms with Crippen LogP contribution >= 0.6 is 11.6 Å². The van der Waals surface area contributed by atoms with Gasteiger partial charge in [0.1, 0.15) is 5.75 Å². The van der Waals surface area contributed by atoms with Crippen molar-refractivity contribution in [3.8, 4) is 5.75 Å². The van der Waals surface area contributed by atoms with Gasteiger partial charge in [0.15, 0.2) is 0 Å². The number of carbonyl (C=O) groups is 1. The molecule has 3 nitrogen and oxygen atoms in total. The number of amides is 1. The third-order valence-electron chi connectivity index (χ3n) is 4.31. The van der Waals surface area contributed by atoms with E-state index in [1.54, 1.807) is 19.2 Å². The standard InChI is InChI=1S/C14H18ClNO.C7H8O/c15-12-6-8-13(9-7-12)16-14(17)10-11-4-2-1-3-5-11;1-8-7-5-3-2-4-6-7/h6-9,11H,1-5,10H2,(H,16,17);2-6H,1H3. The predicted molar refractivity (Wildman–Crippen MR) is 104 cm³/mol. The Morgan fingerprint density at radius 1 is 1.04 bits per heavy atom. The Hall–Kier alpha value is -2.00. The number of hydrogen-bond acceptors (Lipinski definition) is 2. The number of para-hydroxylation sites is 1. The molecule has 1 saturated carbocycles. The summed E-state index contributed by atoms with van der Waals surface area (Å²) in [6.45, 7) is 0. The van der Waals surface area contributed by atoms with Crippen molar-refractivity contribution in [2.75, 3.05) is 12.4 Å². The van der Waals surface area contributed by atoms with Gasteiger partial charge in [-0.3, -0.25) is 4.79 Å². The fourth-order valence-corrected chi connectivity index (χ4v) is 3.08. The number of hydrogen-bond donors (Lipinski definition) is 1. The molecule has 1 fully saturated rings. The number of rotatable bonds is 4. The van der Waals surface area contributed by atoms with Gasteiger partial charge in [-0.1, -0.05) is 49.1 Å². The molecule has 0 atom stereocenters. The van der Waals surface area contributed by atoms with Crippen molar-refractivity contribution in [2.45, 2.75) is 38.5 Å². The van der Waals surface area contributed by atoms with Crippen LogP contribution in [-0.4, -0.2) is 13.0 Å². The first-order valence-electron chi connectivity index (χ1n) is 8.82. The fraction of sp³-hybridized carbons (Fsp3) is 0.381. The summed E-state index contributed by atoms with van der Waals surface area (Å²) in [6, 6.07) is 16.9. The molecular formula is C21H26ClNO2. The van der Waals surface area contributed by atoms with E-state index < -0.39 is 0 Å². The molecule has 2 aromatic carbocycles. The zero-order chi connectivity index (χ0) is 17.9. The van der Waals surface area contributed by atoms with Crippen LogP contribution in [-0.2, 0) is 4.79 Å². The Morgan fingerprint density at radius 2 is 1.68 bits per heavy atom. The Bertz CT molecular complexity index is 622. The van der Waals surface area contributed by atoms with Crippen LogP contribution in [0.2, 0.25) is 5.02 Å². The summed E-state index contributed by atoms with van der Waals surface area (Å²) in [5, 5.41) is 3.61. The van der Waals surface area contributed by atoms with Crippen LogP contribution in [0.25, 0.3) is 0 Å². The van der Waals surface area contributed by atoms with E-state index in [2.05, 4.69) is 5.32 Å². The third kappa shape index (κ3) is 7.61. The molecule has 2 aromatic rings. The second kappa shape index (κ2) is 10.8. The van der Waals surface area contributed by atoms with Gasteiger partial charge >= 0.3 is 0 Å². The first kappa shape index (κ1) is 19.3. The largest absolute Gasteiger partial charge is 0.497 e. The van der Waals surface area contributed by atoms with E-state index in [4.69, 9.17) is 16.3 Å². The first-order valence-corrected chi connectivity index (χ1v) is 9.19. The molecule has 0 unspecified atom stereocenters. The zero-order valence-electron chi connectivity index (χ0n) is 14.7. The lowest BCUT2D eigenvalue weighted by atomic mass is 9.87. The van der Waals surface area contributed by atoms with Crippen LogP contribution in [0.1, 0.15) is 38.5 Å².